The van der Waals surface area contributed by atoms with Gasteiger partial charge in [-0.15, -0.1) is 0 Å². The third kappa shape index (κ3) is 4.77. The fourth-order valence-electron chi connectivity index (χ4n) is 3.53. The van der Waals surface area contributed by atoms with Crippen molar-refractivity contribution in [3.63, 3.8) is 0 Å². The van der Waals surface area contributed by atoms with Gasteiger partial charge in [0, 0.05) is 23.9 Å². The Hall–Kier alpha value is -3.78. The number of benzene rings is 3. The van der Waals surface area contributed by atoms with Gasteiger partial charge in [-0.05, 0) is 62.4 Å². The highest BCUT2D eigenvalue weighted by Crippen LogP contribution is 2.25. The first kappa shape index (κ1) is 23.4. The van der Waals surface area contributed by atoms with Gasteiger partial charge in [0.05, 0.1) is 27.1 Å². The minimum absolute atomic E-state index is 0.00115. The molecule has 0 saturated heterocycles. The highest BCUT2D eigenvalue weighted by atomic mass is 32.2. The first-order chi connectivity index (χ1) is 16.3. The van der Waals surface area contributed by atoms with Crippen LogP contribution in [0.1, 0.15) is 29.8 Å². The highest BCUT2D eigenvalue weighted by Gasteiger charge is 2.25. The summed E-state index contributed by atoms with van der Waals surface area (Å²) in [6.45, 7) is 3.27. The molecule has 34 heavy (non-hydrogen) atoms. The monoisotopic (exact) mass is 477 g/mol. The molecular weight excluding hydrogens is 453 g/mol. The molecule has 8 heteroatoms. The van der Waals surface area contributed by atoms with Crippen molar-refractivity contribution >= 4 is 15.7 Å². The predicted molar refractivity (Wildman–Crippen MR) is 129 cm³/mol. The Labute approximate surface area is 198 Å². The maximum atomic E-state index is 13.5. The van der Waals surface area contributed by atoms with Gasteiger partial charge in [0.25, 0.3) is 5.91 Å². The lowest BCUT2D eigenvalue weighted by Crippen LogP contribution is -2.26. The third-order valence-electron chi connectivity index (χ3n) is 5.43. The minimum atomic E-state index is -3.64. The number of rotatable bonds is 7. The van der Waals surface area contributed by atoms with E-state index in [1.165, 1.54) is 24.3 Å². The number of amides is 1. The number of carbonyl (C=O) groups excluding carboxylic acids is 1. The lowest BCUT2D eigenvalue weighted by molar-refractivity contribution is 0.0947. The molecule has 174 valence electrons. The van der Waals surface area contributed by atoms with E-state index in [-0.39, 0.29) is 22.8 Å². The first-order valence-corrected chi connectivity index (χ1v) is 12.3. The Morgan fingerprint density at radius 1 is 0.971 bits per heavy atom. The summed E-state index contributed by atoms with van der Waals surface area (Å²) in [5.74, 6) is -0.860. The summed E-state index contributed by atoms with van der Waals surface area (Å²) in [5.41, 5.74) is 2.91. The van der Waals surface area contributed by atoms with E-state index in [0.29, 0.717) is 16.8 Å². The van der Waals surface area contributed by atoms with Gasteiger partial charge in [-0.25, -0.2) is 17.5 Å². The standard InChI is InChI=1S/C26H24FN3O3S/c1-18(2)34(32,33)24-11-7-6-10-23(24)26(31)28-16-20-17-30(22-8-4-3-5-9-22)29-25(20)19-12-14-21(27)15-13-19/h3-15,17-18H,16H2,1-2H3,(H,28,31). The van der Waals surface area contributed by atoms with E-state index < -0.39 is 21.0 Å². The number of nitrogens with one attached hydrogen (secondary N) is 1. The van der Waals surface area contributed by atoms with E-state index in [9.17, 15) is 17.6 Å². The second kappa shape index (κ2) is 9.61. The summed E-state index contributed by atoms with van der Waals surface area (Å²) >= 11 is 0. The summed E-state index contributed by atoms with van der Waals surface area (Å²) in [6, 6.07) is 21.6. The normalized spacial score (nSPS) is 11.5. The number of halogens is 1. The molecule has 4 rings (SSSR count). The fourth-order valence-corrected chi connectivity index (χ4v) is 4.77. The SMILES string of the molecule is CC(C)S(=O)(=O)c1ccccc1C(=O)NCc1cn(-c2ccccc2)nc1-c1ccc(F)cc1. The van der Waals surface area contributed by atoms with E-state index in [1.54, 1.807) is 49.0 Å². The van der Waals surface area contributed by atoms with Crippen molar-refractivity contribution in [2.45, 2.75) is 30.5 Å². The zero-order valence-electron chi connectivity index (χ0n) is 18.8. The molecule has 0 atom stereocenters. The van der Waals surface area contributed by atoms with Crippen LogP contribution < -0.4 is 5.32 Å². The van der Waals surface area contributed by atoms with Crippen molar-refractivity contribution in [2.24, 2.45) is 0 Å². The van der Waals surface area contributed by atoms with Crippen LogP contribution in [-0.2, 0) is 16.4 Å². The Balaban J connectivity index is 1.67. The average Bonchev–Trinajstić information content (AvgIpc) is 3.27. The van der Waals surface area contributed by atoms with Crippen LogP contribution >= 0.6 is 0 Å². The van der Waals surface area contributed by atoms with Gasteiger partial charge in [0.15, 0.2) is 9.84 Å². The van der Waals surface area contributed by atoms with Crippen LogP contribution in [0.25, 0.3) is 16.9 Å². The predicted octanol–water partition coefficient (Wildman–Crippen LogP) is 4.79. The van der Waals surface area contributed by atoms with Crippen LogP contribution in [-0.4, -0.2) is 29.4 Å². The molecule has 1 amide bonds. The van der Waals surface area contributed by atoms with Crippen molar-refractivity contribution in [2.75, 3.05) is 0 Å². The van der Waals surface area contributed by atoms with Gasteiger partial charge in [-0.1, -0.05) is 30.3 Å². The first-order valence-electron chi connectivity index (χ1n) is 10.8. The van der Waals surface area contributed by atoms with Gasteiger partial charge in [0.1, 0.15) is 5.82 Å². The lowest BCUT2D eigenvalue weighted by atomic mass is 10.1. The summed E-state index contributed by atoms with van der Waals surface area (Å²) in [4.78, 5) is 13.0. The van der Waals surface area contributed by atoms with E-state index in [1.807, 2.05) is 30.3 Å². The van der Waals surface area contributed by atoms with Crippen LogP contribution in [0.3, 0.4) is 0 Å². The van der Waals surface area contributed by atoms with Crippen LogP contribution in [0.5, 0.6) is 0 Å². The Morgan fingerprint density at radius 2 is 1.62 bits per heavy atom. The number of carbonyl (C=O) groups is 1. The fraction of sp³-hybridized carbons (Fsp3) is 0.154. The zero-order valence-corrected chi connectivity index (χ0v) is 19.6. The van der Waals surface area contributed by atoms with Crippen LogP contribution in [0.2, 0.25) is 0 Å². The van der Waals surface area contributed by atoms with Crippen LogP contribution in [0.4, 0.5) is 4.39 Å². The molecule has 0 radical (unpaired) electrons. The molecule has 1 heterocycles. The molecule has 0 aliphatic carbocycles. The highest BCUT2D eigenvalue weighted by molar-refractivity contribution is 7.92. The van der Waals surface area contributed by atoms with Gasteiger partial charge < -0.3 is 5.32 Å². The molecule has 0 fully saturated rings. The number of para-hydroxylation sites is 1. The molecule has 6 nitrogen and oxygen atoms in total. The van der Waals surface area contributed by atoms with E-state index in [4.69, 9.17) is 0 Å². The molecule has 1 aromatic heterocycles. The van der Waals surface area contributed by atoms with Crippen molar-refractivity contribution in [3.8, 4) is 16.9 Å². The van der Waals surface area contributed by atoms with Crippen LogP contribution in [0, 0.1) is 5.82 Å². The largest absolute Gasteiger partial charge is 0.348 e. The molecule has 0 bridgehead atoms. The topological polar surface area (TPSA) is 81.1 Å². The molecule has 4 aromatic rings. The van der Waals surface area contributed by atoms with Gasteiger partial charge >= 0.3 is 0 Å². The second-order valence-electron chi connectivity index (χ2n) is 8.06. The molecular formula is C26H24FN3O3S. The molecule has 0 aliphatic rings. The van der Waals surface area contributed by atoms with Crippen molar-refractivity contribution < 1.29 is 17.6 Å². The van der Waals surface area contributed by atoms with Gasteiger partial charge in [-0.2, -0.15) is 5.10 Å². The third-order valence-corrected chi connectivity index (χ3v) is 7.64. The van der Waals surface area contributed by atoms with Crippen molar-refractivity contribution in [1.82, 2.24) is 15.1 Å². The summed E-state index contributed by atoms with van der Waals surface area (Å²) in [7, 11) is -3.64. The lowest BCUT2D eigenvalue weighted by Gasteiger charge is -2.13. The molecule has 0 spiro atoms. The number of aromatic nitrogens is 2. The Morgan fingerprint density at radius 3 is 2.29 bits per heavy atom. The maximum Gasteiger partial charge on any atom is 0.252 e. The smallest absolute Gasteiger partial charge is 0.252 e. The van der Waals surface area contributed by atoms with Crippen molar-refractivity contribution in [3.05, 3.63) is 102 Å². The zero-order chi connectivity index (χ0) is 24.3. The molecule has 3 aromatic carbocycles. The second-order valence-corrected chi connectivity index (χ2v) is 10.5. The summed E-state index contributed by atoms with van der Waals surface area (Å²) in [6.07, 6.45) is 1.80. The minimum Gasteiger partial charge on any atom is -0.348 e. The van der Waals surface area contributed by atoms with Gasteiger partial charge in [0.2, 0.25) is 0 Å². The van der Waals surface area contributed by atoms with E-state index in [2.05, 4.69) is 10.4 Å². The van der Waals surface area contributed by atoms with Crippen molar-refractivity contribution in [1.29, 1.82) is 0 Å². The van der Waals surface area contributed by atoms with E-state index in [0.717, 1.165) is 5.69 Å². The molecule has 0 aliphatic heterocycles. The number of nitrogens with zero attached hydrogens (tertiary/aromatic N) is 2. The van der Waals surface area contributed by atoms with Gasteiger partial charge in [-0.3, -0.25) is 4.79 Å². The Bertz CT molecular complexity index is 1410. The number of sulfone groups is 1. The maximum absolute atomic E-state index is 13.5. The van der Waals surface area contributed by atoms with Crippen LogP contribution in [0.15, 0.2) is 90.0 Å². The molecule has 0 saturated carbocycles. The summed E-state index contributed by atoms with van der Waals surface area (Å²) < 4.78 is 40.6. The molecule has 0 unspecified atom stereocenters. The number of hydrogen-bond acceptors (Lipinski definition) is 4. The quantitative estimate of drug-likeness (QED) is 0.415. The molecule has 1 N–H and O–H groups in total. The number of hydrogen-bond donors (Lipinski definition) is 1. The average molecular weight is 478 g/mol. The summed E-state index contributed by atoms with van der Waals surface area (Å²) in [5, 5.41) is 6.82. The van der Waals surface area contributed by atoms with E-state index >= 15 is 0 Å². The Kier molecular flexibility index (Phi) is 6.61.